The Kier molecular flexibility index (Phi) is 8.05. The maximum atomic E-state index is 13.9. The minimum Gasteiger partial charge on any atom is -0.484 e. The van der Waals surface area contributed by atoms with E-state index in [9.17, 15) is 24.0 Å². The molecule has 5 atom stereocenters. The summed E-state index contributed by atoms with van der Waals surface area (Å²) in [4.78, 5) is 67.3. The minimum absolute atomic E-state index is 0.0164. The first-order valence-electron chi connectivity index (χ1n) is 16.3. The van der Waals surface area contributed by atoms with Crippen LogP contribution in [0.25, 0.3) is 11.1 Å². The summed E-state index contributed by atoms with van der Waals surface area (Å²) in [5.41, 5.74) is 2.03. The standard InChI is InChI=1S/C33H40N6O6/c40-28(18-45-25-10-4-19(5-11-25)22-15-35-39(17-22)24-8-9-24)38-16-21-2-1-3-26(21)29(38)32(43)37-27(14-20-12-13-34-31(20)42)30(41)33(44)36-23-6-7-23/h4-5,10-11,15,17,20-21,23-24,26-27,29H,1-3,6-9,12-14,16,18H2,(H,34,42)(H,36,44)(H,37,43)/t20-,21-,26-,27-,29-/m0/s1. The molecule has 2 aromatic rings. The number of Topliss-reactive ketones (excluding diaryl/α,β-unsaturated/α-hetero) is 1. The van der Waals surface area contributed by atoms with Crippen molar-refractivity contribution in [3.8, 4) is 16.9 Å². The predicted molar refractivity (Wildman–Crippen MR) is 162 cm³/mol. The van der Waals surface area contributed by atoms with Gasteiger partial charge in [0.25, 0.3) is 11.8 Å². The fourth-order valence-electron chi connectivity index (χ4n) is 7.18. The number of ketones is 1. The Morgan fingerprint density at radius 3 is 2.51 bits per heavy atom. The number of benzene rings is 1. The number of ether oxygens (including phenoxy) is 1. The fourth-order valence-corrected chi connectivity index (χ4v) is 7.18. The number of likely N-dealkylation sites (tertiary alicyclic amines) is 1. The van der Waals surface area contributed by atoms with Gasteiger partial charge in [0.15, 0.2) is 6.61 Å². The van der Waals surface area contributed by atoms with Crippen molar-refractivity contribution in [3.05, 3.63) is 36.7 Å². The van der Waals surface area contributed by atoms with Crippen molar-refractivity contribution in [2.75, 3.05) is 19.7 Å². The lowest BCUT2D eigenvalue weighted by Crippen LogP contribution is -2.55. The number of aromatic nitrogens is 2. The number of hydrogen-bond acceptors (Lipinski definition) is 7. The van der Waals surface area contributed by atoms with Gasteiger partial charge in [-0.2, -0.15) is 5.10 Å². The molecule has 0 radical (unpaired) electrons. The van der Waals surface area contributed by atoms with Gasteiger partial charge < -0.3 is 25.6 Å². The van der Waals surface area contributed by atoms with E-state index in [2.05, 4.69) is 21.0 Å². The summed E-state index contributed by atoms with van der Waals surface area (Å²) in [6.07, 6.45) is 11.1. The van der Waals surface area contributed by atoms with Gasteiger partial charge in [-0.15, -0.1) is 0 Å². The Bertz CT molecular complexity index is 1480. The molecule has 12 heteroatoms. The van der Waals surface area contributed by atoms with Crippen molar-refractivity contribution in [1.82, 2.24) is 30.6 Å². The molecule has 0 unspecified atom stereocenters. The maximum Gasteiger partial charge on any atom is 0.289 e. The molecule has 3 saturated carbocycles. The van der Waals surface area contributed by atoms with Crippen LogP contribution >= 0.6 is 0 Å². The minimum atomic E-state index is -1.14. The van der Waals surface area contributed by atoms with Gasteiger partial charge >= 0.3 is 0 Å². The molecule has 3 heterocycles. The second-order valence-corrected chi connectivity index (χ2v) is 13.3. The van der Waals surface area contributed by atoms with E-state index in [1.54, 1.807) is 4.90 Å². The molecule has 5 fully saturated rings. The zero-order valence-electron chi connectivity index (χ0n) is 25.3. The number of carbonyl (C=O) groups excluding carboxylic acids is 5. The van der Waals surface area contributed by atoms with Crippen LogP contribution in [0.15, 0.2) is 36.7 Å². The highest BCUT2D eigenvalue weighted by molar-refractivity contribution is 6.38. The highest BCUT2D eigenvalue weighted by Gasteiger charge is 2.50. The average molecular weight is 617 g/mol. The summed E-state index contributed by atoms with van der Waals surface area (Å²) < 4.78 is 7.88. The molecule has 45 heavy (non-hydrogen) atoms. The van der Waals surface area contributed by atoms with E-state index in [1.165, 1.54) is 12.8 Å². The third-order valence-electron chi connectivity index (χ3n) is 10.0. The lowest BCUT2D eigenvalue weighted by Gasteiger charge is -2.29. The van der Waals surface area contributed by atoms with E-state index in [4.69, 9.17) is 4.74 Å². The van der Waals surface area contributed by atoms with E-state index in [1.807, 2.05) is 41.3 Å². The Morgan fingerprint density at radius 1 is 1.00 bits per heavy atom. The molecule has 1 aromatic heterocycles. The van der Waals surface area contributed by atoms with Crippen LogP contribution in [-0.4, -0.2) is 81.9 Å². The van der Waals surface area contributed by atoms with Crippen molar-refractivity contribution >= 4 is 29.4 Å². The molecule has 1 aromatic carbocycles. The molecule has 2 saturated heterocycles. The second kappa shape index (κ2) is 12.3. The Morgan fingerprint density at radius 2 is 1.80 bits per heavy atom. The van der Waals surface area contributed by atoms with Crippen LogP contribution in [-0.2, 0) is 24.0 Å². The number of fused-ring (bicyclic) bond motifs is 1. The van der Waals surface area contributed by atoms with Crippen molar-refractivity contribution < 1.29 is 28.7 Å². The Hall–Kier alpha value is -4.22. The van der Waals surface area contributed by atoms with Gasteiger partial charge in [0.2, 0.25) is 17.6 Å². The monoisotopic (exact) mass is 616 g/mol. The largest absolute Gasteiger partial charge is 0.484 e. The van der Waals surface area contributed by atoms with Gasteiger partial charge in [-0.3, -0.25) is 28.7 Å². The number of hydrogen-bond donors (Lipinski definition) is 3. The summed E-state index contributed by atoms with van der Waals surface area (Å²) in [5, 5.41) is 12.7. The lowest BCUT2D eigenvalue weighted by atomic mass is 9.91. The molecule has 4 amide bonds. The number of nitrogens with one attached hydrogen (secondary N) is 3. The SMILES string of the molecule is O=C(NC1CC1)C(=O)[C@H](C[C@@H]1CCNC1=O)NC(=O)[C@@H]1[C@H]2CCC[C@H]2CN1C(=O)COc1ccc(-c2cnn(C3CC3)c2)cc1. The average Bonchev–Trinajstić information content (AvgIpc) is 3.84. The number of rotatable bonds is 12. The quantitative estimate of drug-likeness (QED) is 0.307. The van der Waals surface area contributed by atoms with Crippen LogP contribution in [0.2, 0.25) is 0 Å². The molecule has 5 aliphatic rings. The molecular formula is C33H40N6O6. The number of nitrogens with zero attached hydrogens (tertiary/aromatic N) is 3. The summed E-state index contributed by atoms with van der Waals surface area (Å²) in [7, 11) is 0. The van der Waals surface area contributed by atoms with Crippen LogP contribution in [0.5, 0.6) is 5.75 Å². The Balaban J connectivity index is 1.01. The summed E-state index contributed by atoms with van der Waals surface area (Å²) in [6, 6.07) is 6.10. The highest BCUT2D eigenvalue weighted by atomic mass is 16.5. The summed E-state index contributed by atoms with van der Waals surface area (Å²) in [5.74, 6) is -2.20. The first-order valence-corrected chi connectivity index (χ1v) is 16.3. The first kappa shape index (κ1) is 29.5. The number of carbonyl (C=O) groups is 5. The van der Waals surface area contributed by atoms with Crippen molar-refractivity contribution in [2.45, 2.75) is 82.0 Å². The third kappa shape index (κ3) is 6.46. The van der Waals surface area contributed by atoms with Crippen LogP contribution < -0.4 is 20.7 Å². The molecule has 2 aliphatic heterocycles. The van der Waals surface area contributed by atoms with E-state index in [0.717, 1.165) is 43.2 Å². The number of amides is 4. The molecular weight excluding hydrogens is 576 g/mol. The van der Waals surface area contributed by atoms with E-state index in [0.29, 0.717) is 31.3 Å². The second-order valence-electron chi connectivity index (χ2n) is 13.3. The van der Waals surface area contributed by atoms with Crippen LogP contribution in [0.4, 0.5) is 0 Å². The molecule has 0 bridgehead atoms. The molecule has 3 aliphatic carbocycles. The fraction of sp³-hybridized carbons (Fsp3) is 0.576. The summed E-state index contributed by atoms with van der Waals surface area (Å²) >= 11 is 0. The van der Waals surface area contributed by atoms with Crippen LogP contribution in [0, 0.1) is 17.8 Å². The zero-order chi connectivity index (χ0) is 31.1. The van der Waals surface area contributed by atoms with Gasteiger partial charge in [0.05, 0.1) is 18.3 Å². The van der Waals surface area contributed by atoms with E-state index in [-0.39, 0.29) is 42.7 Å². The predicted octanol–water partition coefficient (Wildman–Crippen LogP) is 1.75. The topological polar surface area (TPSA) is 152 Å². The van der Waals surface area contributed by atoms with Crippen LogP contribution in [0.1, 0.15) is 63.8 Å². The summed E-state index contributed by atoms with van der Waals surface area (Å²) in [6.45, 7) is 0.715. The zero-order valence-corrected chi connectivity index (χ0v) is 25.3. The van der Waals surface area contributed by atoms with Crippen molar-refractivity contribution in [3.63, 3.8) is 0 Å². The molecule has 7 rings (SSSR count). The normalized spacial score (nSPS) is 26.2. The highest BCUT2D eigenvalue weighted by Crippen LogP contribution is 2.42. The molecule has 0 spiro atoms. The van der Waals surface area contributed by atoms with Crippen LogP contribution in [0.3, 0.4) is 0 Å². The van der Waals surface area contributed by atoms with E-state index >= 15 is 0 Å². The van der Waals surface area contributed by atoms with E-state index < -0.39 is 35.6 Å². The molecule has 12 nitrogen and oxygen atoms in total. The smallest absolute Gasteiger partial charge is 0.289 e. The van der Waals surface area contributed by atoms with Crippen molar-refractivity contribution in [2.24, 2.45) is 17.8 Å². The first-order chi connectivity index (χ1) is 21.8. The Labute approximate surface area is 261 Å². The van der Waals surface area contributed by atoms with Gasteiger partial charge in [-0.05, 0) is 80.9 Å². The van der Waals surface area contributed by atoms with Crippen molar-refractivity contribution in [1.29, 1.82) is 0 Å². The van der Waals surface area contributed by atoms with Gasteiger partial charge in [-0.1, -0.05) is 18.6 Å². The molecule has 3 N–H and O–H groups in total. The third-order valence-corrected chi connectivity index (χ3v) is 10.0. The van der Waals surface area contributed by atoms with Gasteiger partial charge in [0.1, 0.15) is 11.8 Å². The van der Waals surface area contributed by atoms with Gasteiger partial charge in [-0.25, -0.2) is 0 Å². The van der Waals surface area contributed by atoms with Gasteiger partial charge in [0, 0.05) is 36.8 Å². The maximum absolute atomic E-state index is 13.9. The lowest BCUT2D eigenvalue weighted by molar-refractivity contribution is -0.143. The molecule has 238 valence electrons.